The lowest BCUT2D eigenvalue weighted by Crippen LogP contribution is -2.25. The Morgan fingerprint density at radius 2 is 2.06 bits per heavy atom. The molecule has 192 valence electrons. The average Bonchev–Trinajstić information content (AvgIpc) is 3.30. The standard InChI is InChI=1S/C19H23N9O7S/c1-20-18(29)14-11(8-12(25-26-14)23-19(30)34-4)22-17-15(33-3)10(6-7-21-17)16-24-13(35-27-16)9-28(2)36(5,31)32/h6-8H,9H2,1-5H3,(H,20,29)(H2,21,22,23,25,30)/i1D3. The number of nitrogens with one attached hydrogen (secondary N) is 3. The van der Waals surface area contributed by atoms with Gasteiger partial charge in [-0.1, -0.05) is 5.16 Å². The molecule has 0 aromatic carbocycles. The molecule has 3 heterocycles. The van der Waals surface area contributed by atoms with Crippen LogP contribution in [-0.4, -0.2) is 84.5 Å². The molecular formula is C19H23N9O7S. The molecule has 0 fully saturated rings. The van der Waals surface area contributed by atoms with Crippen LogP contribution in [0.5, 0.6) is 5.75 Å². The lowest BCUT2D eigenvalue weighted by molar-refractivity contribution is 0.0958. The minimum atomic E-state index is -3.50. The van der Waals surface area contributed by atoms with E-state index < -0.39 is 34.7 Å². The SMILES string of the molecule is [2H]C([2H])([2H])NC(=O)c1nnc(NC(=O)OC)cc1Nc1nccc(-c2noc(CN(C)S(C)(=O)=O)n2)c1OC. The first-order valence-electron chi connectivity index (χ1n) is 11.3. The smallest absolute Gasteiger partial charge is 0.412 e. The Labute approximate surface area is 209 Å². The number of amides is 2. The first kappa shape index (κ1) is 22.1. The Morgan fingerprint density at radius 1 is 1.28 bits per heavy atom. The van der Waals surface area contributed by atoms with E-state index in [1.807, 2.05) is 0 Å². The van der Waals surface area contributed by atoms with Gasteiger partial charge in [0.15, 0.2) is 23.1 Å². The Hall–Kier alpha value is -4.38. The molecule has 0 saturated carbocycles. The molecule has 36 heavy (non-hydrogen) atoms. The zero-order chi connectivity index (χ0) is 29.0. The molecule has 0 saturated heterocycles. The van der Waals surface area contributed by atoms with Crippen LogP contribution in [0.2, 0.25) is 0 Å². The highest BCUT2D eigenvalue weighted by Gasteiger charge is 2.22. The minimum Gasteiger partial charge on any atom is -0.492 e. The van der Waals surface area contributed by atoms with Crippen molar-refractivity contribution in [2.75, 3.05) is 45.1 Å². The monoisotopic (exact) mass is 524 g/mol. The first-order valence-corrected chi connectivity index (χ1v) is 11.7. The van der Waals surface area contributed by atoms with Crippen molar-refractivity contribution in [1.29, 1.82) is 0 Å². The van der Waals surface area contributed by atoms with Gasteiger partial charge in [-0.15, -0.1) is 10.2 Å². The van der Waals surface area contributed by atoms with E-state index in [9.17, 15) is 18.0 Å². The molecule has 0 atom stereocenters. The van der Waals surface area contributed by atoms with E-state index in [1.54, 1.807) is 5.32 Å². The van der Waals surface area contributed by atoms with E-state index >= 15 is 0 Å². The van der Waals surface area contributed by atoms with Crippen LogP contribution in [0.1, 0.15) is 20.5 Å². The van der Waals surface area contributed by atoms with Crippen molar-refractivity contribution < 1.29 is 36.1 Å². The molecule has 16 nitrogen and oxygen atoms in total. The number of hydrogen-bond donors (Lipinski definition) is 3. The van der Waals surface area contributed by atoms with Crippen LogP contribution < -0.4 is 20.7 Å². The number of ether oxygens (including phenoxy) is 2. The van der Waals surface area contributed by atoms with E-state index in [4.69, 9.17) is 13.4 Å². The summed E-state index contributed by atoms with van der Waals surface area (Å²) >= 11 is 0. The van der Waals surface area contributed by atoms with Crippen LogP contribution in [0.25, 0.3) is 11.4 Å². The van der Waals surface area contributed by atoms with E-state index in [2.05, 4.69) is 40.7 Å². The lowest BCUT2D eigenvalue weighted by Gasteiger charge is -2.14. The summed E-state index contributed by atoms with van der Waals surface area (Å²) in [5.74, 6) is -1.11. The number of aromatic nitrogens is 5. The predicted molar refractivity (Wildman–Crippen MR) is 125 cm³/mol. The molecule has 3 aromatic rings. The molecule has 17 heteroatoms. The predicted octanol–water partition coefficient (Wildman–Crippen LogP) is 0.603. The van der Waals surface area contributed by atoms with E-state index in [0.717, 1.165) is 17.7 Å². The Bertz CT molecular complexity index is 1480. The number of rotatable bonds is 9. The average molecular weight is 525 g/mol. The third-order valence-electron chi connectivity index (χ3n) is 4.53. The maximum absolute atomic E-state index is 12.6. The number of methoxy groups -OCH3 is 2. The molecule has 0 bridgehead atoms. The molecule has 0 aliphatic carbocycles. The van der Waals surface area contributed by atoms with E-state index in [-0.39, 0.29) is 46.9 Å². The summed E-state index contributed by atoms with van der Waals surface area (Å²) in [7, 11) is 0.298. The highest BCUT2D eigenvalue weighted by atomic mass is 32.2. The van der Waals surface area contributed by atoms with Crippen LogP contribution in [0.15, 0.2) is 22.9 Å². The van der Waals surface area contributed by atoms with Crippen molar-refractivity contribution in [1.82, 2.24) is 34.9 Å². The maximum atomic E-state index is 12.6. The van der Waals surface area contributed by atoms with E-state index in [0.29, 0.717) is 0 Å². The van der Waals surface area contributed by atoms with Crippen LogP contribution in [-0.2, 0) is 21.3 Å². The van der Waals surface area contributed by atoms with Crippen LogP contribution in [0, 0.1) is 0 Å². The number of hydrogen-bond acceptors (Lipinski definition) is 13. The van der Waals surface area contributed by atoms with Gasteiger partial charge in [-0.2, -0.15) is 9.29 Å². The zero-order valence-electron chi connectivity index (χ0n) is 22.4. The molecule has 0 unspecified atom stereocenters. The summed E-state index contributed by atoms with van der Waals surface area (Å²) < 4.78 is 61.4. The summed E-state index contributed by atoms with van der Waals surface area (Å²) in [6, 6.07) is 2.69. The van der Waals surface area contributed by atoms with Crippen LogP contribution in [0.3, 0.4) is 0 Å². The van der Waals surface area contributed by atoms with Crippen molar-refractivity contribution in [3.63, 3.8) is 0 Å². The van der Waals surface area contributed by atoms with E-state index in [1.165, 1.54) is 32.5 Å². The van der Waals surface area contributed by atoms with Gasteiger partial charge in [0.25, 0.3) is 5.91 Å². The summed E-state index contributed by atoms with van der Waals surface area (Å²) in [6.45, 7) is -3.00. The molecular weight excluding hydrogens is 498 g/mol. The number of pyridine rings is 1. The maximum Gasteiger partial charge on any atom is 0.412 e. The molecule has 0 aliphatic heterocycles. The van der Waals surface area contributed by atoms with Gasteiger partial charge < -0.3 is 24.6 Å². The fourth-order valence-electron chi connectivity index (χ4n) is 2.71. The zero-order valence-corrected chi connectivity index (χ0v) is 20.2. The summed E-state index contributed by atoms with van der Waals surface area (Å²) in [5, 5.41) is 18.2. The van der Waals surface area contributed by atoms with Crippen molar-refractivity contribution >= 4 is 39.3 Å². The fourth-order valence-corrected chi connectivity index (χ4v) is 3.06. The van der Waals surface area contributed by atoms with Gasteiger partial charge in [-0.05, 0) is 6.07 Å². The number of carbonyl (C=O) groups is 2. The number of nitrogens with zero attached hydrogens (tertiary/aromatic N) is 6. The molecule has 2 amide bonds. The van der Waals surface area contributed by atoms with Gasteiger partial charge in [0.1, 0.15) is 0 Å². The summed E-state index contributed by atoms with van der Waals surface area (Å²) in [6.07, 6.45) is 1.51. The normalized spacial score (nSPS) is 12.8. The topological polar surface area (TPSA) is 204 Å². The number of anilines is 3. The molecule has 0 aliphatic rings. The molecule has 3 aromatic heterocycles. The van der Waals surface area contributed by atoms with Gasteiger partial charge in [0.05, 0.1) is 38.3 Å². The molecule has 3 N–H and O–H groups in total. The Balaban J connectivity index is 2.01. The van der Waals surface area contributed by atoms with Gasteiger partial charge in [0, 0.05) is 30.4 Å². The largest absolute Gasteiger partial charge is 0.492 e. The van der Waals surface area contributed by atoms with Gasteiger partial charge in [-0.25, -0.2) is 18.2 Å². The summed E-state index contributed by atoms with van der Waals surface area (Å²) in [5.41, 5.74) is -0.276. The first-order chi connectivity index (χ1) is 18.2. The second-order valence-electron chi connectivity index (χ2n) is 6.96. The third-order valence-corrected chi connectivity index (χ3v) is 5.79. The van der Waals surface area contributed by atoms with Crippen molar-refractivity contribution in [3.05, 3.63) is 29.9 Å². The number of carbonyl (C=O) groups excluding carboxylic acids is 2. The van der Waals surface area contributed by atoms with Crippen molar-refractivity contribution in [3.8, 4) is 17.1 Å². The molecule has 0 radical (unpaired) electrons. The van der Waals surface area contributed by atoms with Gasteiger partial charge in [0.2, 0.25) is 21.7 Å². The summed E-state index contributed by atoms with van der Waals surface area (Å²) in [4.78, 5) is 32.6. The second-order valence-corrected chi connectivity index (χ2v) is 9.05. The van der Waals surface area contributed by atoms with Gasteiger partial charge >= 0.3 is 6.09 Å². The number of sulfonamides is 1. The lowest BCUT2D eigenvalue weighted by atomic mass is 10.2. The molecule has 0 spiro atoms. The third kappa shape index (κ3) is 5.99. The second kappa shape index (κ2) is 10.9. The Kier molecular flexibility index (Phi) is 6.70. The fraction of sp³-hybridized carbons (Fsp3) is 0.316. The van der Waals surface area contributed by atoms with Crippen LogP contribution >= 0.6 is 0 Å². The minimum absolute atomic E-state index is 0.00628. The highest BCUT2D eigenvalue weighted by molar-refractivity contribution is 7.88. The quantitative estimate of drug-likeness (QED) is 0.351. The van der Waals surface area contributed by atoms with Crippen molar-refractivity contribution in [2.45, 2.75) is 6.54 Å². The van der Waals surface area contributed by atoms with Crippen LogP contribution in [0.4, 0.5) is 22.1 Å². The molecule has 3 rings (SSSR count). The van der Waals surface area contributed by atoms with Crippen molar-refractivity contribution in [2.24, 2.45) is 0 Å². The highest BCUT2D eigenvalue weighted by Crippen LogP contribution is 2.35. The van der Waals surface area contributed by atoms with Gasteiger partial charge in [-0.3, -0.25) is 10.1 Å². The Morgan fingerprint density at radius 3 is 2.72 bits per heavy atom.